The Kier molecular flexibility index (Phi) is 7.82. The highest BCUT2D eigenvalue weighted by molar-refractivity contribution is 5.99. The van der Waals surface area contributed by atoms with E-state index in [0.29, 0.717) is 5.70 Å². The number of hydrogen-bond donors (Lipinski definition) is 2. The minimum Gasteiger partial charge on any atom is -0.496 e. The average Bonchev–Trinajstić information content (AvgIpc) is 2.81. The number of pyridine rings is 1. The van der Waals surface area contributed by atoms with Crippen molar-refractivity contribution in [1.82, 2.24) is 15.2 Å². The lowest BCUT2D eigenvalue weighted by Gasteiger charge is -2.31. The third-order valence-electron chi connectivity index (χ3n) is 5.39. The van der Waals surface area contributed by atoms with Crippen molar-refractivity contribution in [3.05, 3.63) is 77.8 Å². The average molecular weight is 455 g/mol. The number of nitrogens with two attached hydrogens (primary N) is 1. The van der Waals surface area contributed by atoms with Crippen molar-refractivity contribution in [1.29, 1.82) is 0 Å². The number of rotatable bonds is 7. The molecule has 3 rings (SSSR count). The van der Waals surface area contributed by atoms with Crippen LogP contribution < -0.4 is 15.8 Å². The maximum absolute atomic E-state index is 14.7. The fraction of sp³-hybridized carbons (Fsp3) is 0.280. The van der Waals surface area contributed by atoms with Crippen LogP contribution in [0.3, 0.4) is 0 Å². The maximum atomic E-state index is 14.7. The number of nitrogens with zero attached hydrogens (tertiary/aromatic N) is 2. The molecule has 0 unspecified atom stereocenters. The van der Waals surface area contributed by atoms with Gasteiger partial charge in [0.1, 0.15) is 17.3 Å². The normalized spacial score (nSPS) is 14.7. The summed E-state index contributed by atoms with van der Waals surface area (Å²) in [5.41, 5.74) is 6.77. The molecule has 33 heavy (non-hydrogen) atoms. The zero-order chi connectivity index (χ0) is 24.0. The molecule has 0 bridgehead atoms. The topological polar surface area (TPSA) is 80.5 Å². The highest BCUT2D eigenvalue weighted by atomic mass is 19.1. The summed E-state index contributed by atoms with van der Waals surface area (Å²) in [4.78, 5) is 19.5. The van der Waals surface area contributed by atoms with Gasteiger partial charge in [0.15, 0.2) is 11.5 Å². The lowest BCUT2D eigenvalue weighted by molar-refractivity contribution is 0.0962. The summed E-state index contributed by atoms with van der Waals surface area (Å²) in [5.74, 6) is -1.80. The fourth-order valence-electron chi connectivity index (χ4n) is 3.80. The predicted octanol–water partition coefficient (Wildman–Crippen LogP) is 4.81. The van der Waals surface area contributed by atoms with E-state index < -0.39 is 17.5 Å². The van der Waals surface area contributed by atoms with Crippen LogP contribution in [-0.4, -0.2) is 36.0 Å². The molecule has 2 heterocycles. The van der Waals surface area contributed by atoms with E-state index in [1.807, 2.05) is 19.1 Å². The molecule has 0 spiro atoms. The largest absolute Gasteiger partial charge is 0.496 e. The minimum absolute atomic E-state index is 0.0754. The molecule has 1 aromatic heterocycles. The van der Waals surface area contributed by atoms with Crippen molar-refractivity contribution < 1.29 is 18.3 Å². The maximum Gasteiger partial charge on any atom is 0.276 e. The van der Waals surface area contributed by atoms with Crippen molar-refractivity contribution in [2.24, 2.45) is 0 Å². The highest BCUT2D eigenvalue weighted by Crippen LogP contribution is 2.32. The molecule has 6 nitrogen and oxygen atoms in total. The molecule has 0 atom stereocenters. The molecular formula is C25H28F2N4O2. The first-order valence-electron chi connectivity index (χ1n) is 10.7. The smallest absolute Gasteiger partial charge is 0.276 e. The van der Waals surface area contributed by atoms with Gasteiger partial charge in [-0.1, -0.05) is 12.7 Å². The van der Waals surface area contributed by atoms with Gasteiger partial charge in [0.2, 0.25) is 0 Å². The Morgan fingerprint density at radius 3 is 2.61 bits per heavy atom. The van der Waals surface area contributed by atoms with E-state index in [4.69, 9.17) is 10.5 Å². The van der Waals surface area contributed by atoms with Crippen LogP contribution in [0.2, 0.25) is 0 Å². The molecule has 0 saturated carbocycles. The number of carbonyl (C=O) groups excluding carboxylic acids is 1. The molecule has 8 heteroatoms. The van der Waals surface area contributed by atoms with Gasteiger partial charge >= 0.3 is 0 Å². The van der Waals surface area contributed by atoms with Gasteiger partial charge in [0, 0.05) is 24.7 Å². The number of anilines is 1. The second kappa shape index (κ2) is 10.8. The van der Waals surface area contributed by atoms with Crippen LogP contribution in [0, 0.1) is 11.6 Å². The van der Waals surface area contributed by atoms with E-state index in [-0.39, 0.29) is 28.4 Å². The third-order valence-corrected chi connectivity index (χ3v) is 5.39. The van der Waals surface area contributed by atoms with Crippen LogP contribution in [0.5, 0.6) is 5.75 Å². The third kappa shape index (κ3) is 5.39. The van der Waals surface area contributed by atoms with Gasteiger partial charge in [-0.15, -0.1) is 0 Å². The second-order valence-corrected chi connectivity index (χ2v) is 7.61. The Labute approximate surface area is 192 Å². The molecule has 3 N–H and O–H groups in total. The Balaban J connectivity index is 2.02. The van der Waals surface area contributed by atoms with Crippen LogP contribution in [0.1, 0.15) is 36.7 Å². The van der Waals surface area contributed by atoms with Crippen LogP contribution in [0.15, 0.2) is 60.5 Å². The first kappa shape index (κ1) is 24.0. The first-order valence-corrected chi connectivity index (χ1v) is 10.7. The van der Waals surface area contributed by atoms with E-state index in [9.17, 15) is 13.6 Å². The fourth-order valence-corrected chi connectivity index (χ4v) is 3.80. The Morgan fingerprint density at radius 2 is 1.97 bits per heavy atom. The molecule has 174 valence electrons. The summed E-state index contributed by atoms with van der Waals surface area (Å²) >= 11 is 0. The lowest BCUT2D eigenvalue weighted by atomic mass is 10.1. The van der Waals surface area contributed by atoms with Gasteiger partial charge < -0.3 is 20.7 Å². The zero-order valence-corrected chi connectivity index (χ0v) is 18.8. The second-order valence-electron chi connectivity index (χ2n) is 7.61. The quantitative estimate of drug-likeness (QED) is 0.587. The predicted molar refractivity (Wildman–Crippen MR) is 125 cm³/mol. The molecule has 1 fully saturated rings. The van der Waals surface area contributed by atoms with E-state index in [1.165, 1.54) is 19.2 Å². The van der Waals surface area contributed by atoms with Gasteiger partial charge in [0.25, 0.3) is 5.91 Å². The van der Waals surface area contributed by atoms with Crippen molar-refractivity contribution in [2.45, 2.75) is 26.2 Å². The molecular weight excluding hydrogens is 426 g/mol. The highest BCUT2D eigenvalue weighted by Gasteiger charge is 2.22. The van der Waals surface area contributed by atoms with E-state index in [0.717, 1.165) is 50.2 Å². The standard InChI is InChI=1S/C25H28F2N4O2/c1-4-9-21(31-12-7-6-8-13-31)20(5-2)29-25(32)24-19(28)15-18(27)23(30-24)17-14-16(26)10-11-22(17)33-3/h4-5,9-11,14-15H,2,6-8,12-13,28H2,1,3H3,(H,29,32)/b9-4-,21-20-. The van der Waals surface area contributed by atoms with Gasteiger partial charge in [0.05, 0.1) is 24.2 Å². The number of nitrogens with one attached hydrogen (secondary N) is 1. The number of amides is 1. The molecule has 0 radical (unpaired) electrons. The van der Waals surface area contributed by atoms with Crippen LogP contribution in [-0.2, 0) is 0 Å². The van der Waals surface area contributed by atoms with E-state index in [1.54, 1.807) is 6.08 Å². The lowest BCUT2D eigenvalue weighted by Crippen LogP contribution is -2.33. The molecule has 1 aliphatic heterocycles. The number of benzene rings is 1. The first-order chi connectivity index (χ1) is 15.9. The summed E-state index contributed by atoms with van der Waals surface area (Å²) in [6.07, 6.45) is 8.64. The number of likely N-dealkylation sites (tertiary alicyclic amines) is 1. The number of allylic oxidation sites excluding steroid dienone is 3. The molecule has 0 aliphatic carbocycles. The van der Waals surface area contributed by atoms with E-state index >= 15 is 0 Å². The number of hydrogen-bond acceptors (Lipinski definition) is 5. The number of nitrogen functional groups attached to an aromatic ring is 1. The number of aromatic nitrogens is 1. The van der Waals surface area contributed by atoms with Crippen molar-refractivity contribution in [3.63, 3.8) is 0 Å². The number of halogens is 2. The SMILES string of the molecule is C=C/C(NC(=O)c1nc(-c2cc(F)ccc2OC)c(F)cc1N)=C(\C=C/C)N1CCCCC1. The minimum atomic E-state index is -0.796. The molecule has 1 amide bonds. The van der Waals surface area contributed by atoms with E-state index in [2.05, 4.69) is 21.8 Å². The summed E-state index contributed by atoms with van der Waals surface area (Å²) in [7, 11) is 1.38. The van der Waals surface area contributed by atoms with Crippen LogP contribution in [0.25, 0.3) is 11.3 Å². The van der Waals surface area contributed by atoms with Gasteiger partial charge in [-0.25, -0.2) is 13.8 Å². The number of piperidine rings is 1. The number of carbonyl (C=O) groups is 1. The Morgan fingerprint density at radius 1 is 1.24 bits per heavy atom. The van der Waals surface area contributed by atoms with Gasteiger partial charge in [-0.3, -0.25) is 4.79 Å². The summed E-state index contributed by atoms with van der Waals surface area (Å²) < 4.78 is 33.8. The zero-order valence-electron chi connectivity index (χ0n) is 18.8. The Bertz CT molecular complexity index is 1110. The molecule has 2 aromatic rings. The van der Waals surface area contributed by atoms with Crippen LogP contribution >= 0.6 is 0 Å². The molecule has 1 saturated heterocycles. The summed E-state index contributed by atoms with van der Waals surface area (Å²) in [5, 5.41) is 2.80. The van der Waals surface area contributed by atoms with Crippen molar-refractivity contribution in [2.75, 3.05) is 25.9 Å². The van der Waals surface area contributed by atoms with Crippen molar-refractivity contribution >= 4 is 11.6 Å². The number of methoxy groups -OCH3 is 1. The Hall–Kier alpha value is -3.68. The monoisotopic (exact) mass is 454 g/mol. The van der Waals surface area contributed by atoms with Crippen molar-refractivity contribution in [3.8, 4) is 17.0 Å². The summed E-state index contributed by atoms with van der Waals surface area (Å²) in [6, 6.07) is 4.65. The number of ether oxygens (including phenoxy) is 1. The van der Waals surface area contributed by atoms with Crippen LogP contribution in [0.4, 0.5) is 14.5 Å². The molecule has 1 aromatic carbocycles. The van der Waals surface area contributed by atoms with Gasteiger partial charge in [-0.05, 0) is 56.5 Å². The van der Waals surface area contributed by atoms with Gasteiger partial charge in [-0.2, -0.15) is 0 Å². The molecule has 1 aliphatic rings. The summed E-state index contributed by atoms with van der Waals surface area (Å²) in [6.45, 7) is 7.47.